The van der Waals surface area contributed by atoms with Gasteiger partial charge in [0.1, 0.15) is 11.7 Å². The van der Waals surface area contributed by atoms with Crippen LogP contribution in [-0.2, 0) is 14.2 Å². The summed E-state index contributed by atoms with van der Waals surface area (Å²) in [7, 11) is 1.72. The third-order valence-corrected chi connectivity index (χ3v) is 11.3. The maximum absolute atomic E-state index is 13.7. The minimum absolute atomic E-state index is 0.0753. The van der Waals surface area contributed by atoms with Crippen LogP contribution < -0.4 is 0 Å². The number of aliphatic hydroxyl groups excluding tert-OH is 1. The van der Waals surface area contributed by atoms with E-state index in [1.54, 1.807) is 11.9 Å². The van der Waals surface area contributed by atoms with Crippen LogP contribution in [0.5, 0.6) is 0 Å². The van der Waals surface area contributed by atoms with Crippen LogP contribution in [-0.4, -0.2) is 64.6 Å². The van der Waals surface area contributed by atoms with E-state index in [9.17, 15) is 15.0 Å². The molecule has 7 nitrogen and oxygen atoms in total. The Hall–Kier alpha value is -2.19. The quantitative estimate of drug-likeness (QED) is 0.500. The fraction of sp³-hybridized carbons (Fsp3) is 0.667. The highest BCUT2D eigenvalue weighted by Crippen LogP contribution is 2.73. The minimum Gasteiger partial charge on any atom is -0.438 e. The molecule has 1 aliphatic heterocycles. The second kappa shape index (κ2) is 8.90. The molecule has 3 fully saturated rings. The fourth-order valence-electron chi connectivity index (χ4n) is 8.91. The van der Waals surface area contributed by atoms with Gasteiger partial charge in [0.25, 0.3) is 0 Å². The van der Waals surface area contributed by atoms with Gasteiger partial charge in [0.05, 0.1) is 24.2 Å². The third-order valence-electron chi connectivity index (χ3n) is 11.3. The molecule has 218 valence electrons. The number of hydrogen-bond donors (Lipinski definition) is 2. The zero-order valence-electron chi connectivity index (χ0n) is 25.0. The van der Waals surface area contributed by atoms with Crippen LogP contribution in [0.3, 0.4) is 0 Å². The Morgan fingerprint density at radius 3 is 2.52 bits per heavy atom. The predicted molar refractivity (Wildman–Crippen MR) is 151 cm³/mol. The molecule has 1 amide bonds. The van der Waals surface area contributed by atoms with E-state index >= 15 is 0 Å². The number of hydrogen-bond acceptors (Lipinski definition) is 6. The Morgan fingerprint density at radius 1 is 1.18 bits per heavy atom. The highest BCUT2D eigenvalue weighted by atomic mass is 16.7. The zero-order valence-corrected chi connectivity index (χ0v) is 25.0. The van der Waals surface area contributed by atoms with Crippen LogP contribution in [0.2, 0.25) is 0 Å². The second-order valence-corrected chi connectivity index (χ2v) is 14.1. The van der Waals surface area contributed by atoms with Crippen molar-refractivity contribution < 1.29 is 29.2 Å². The van der Waals surface area contributed by atoms with Gasteiger partial charge < -0.3 is 29.3 Å². The number of rotatable bonds is 3. The van der Waals surface area contributed by atoms with Crippen molar-refractivity contribution in [2.45, 2.75) is 90.6 Å². The normalized spacial score (nSPS) is 43.0. The predicted octanol–water partition coefficient (Wildman–Crippen LogP) is 5.24. The molecule has 2 N–H and O–H groups in total. The number of amides is 1. The molecule has 10 atom stereocenters. The van der Waals surface area contributed by atoms with Crippen molar-refractivity contribution in [1.29, 1.82) is 0 Å². The summed E-state index contributed by atoms with van der Waals surface area (Å²) in [4.78, 5) is 15.3. The molecule has 1 unspecified atom stereocenters. The number of nitrogens with zero attached hydrogens (tertiary/aromatic N) is 1. The van der Waals surface area contributed by atoms with Crippen LogP contribution in [0, 0.1) is 34.5 Å². The van der Waals surface area contributed by atoms with Crippen LogP contribution in [0.4, 0.5) is 4.79 Å². The van der Waals surface area contributed by atoms with E-state index in [0.29, 0.717) is 11.8 Å². The standard InChI is InChI=1S/C33H45NO6/c1-18-16-32-19(2)14-24-25(30(24,4)5)23(26(32)35)15-22-17-38-31(6,7)40-28(22)33(32,37)27(18)39-29(36)34(8)20(3)21-12-10-9-11-13-21/h9-13,15-16,19-20,23-28,35,37H,14,17H2,1-8H3/t19-,20+,23+,24-,25+,26?,27+,28-,32+,33-/m1/s1. The van der Waals surface area contributed by atoms with Crippen LogP contribution in [0.1, 0.15) is 66.5 Å². The van der Waals surface area contributed by atoms with Crippen molar-refractivity contribution in [2.75, 3.05) is 13.7 Å². The smallest absolute Gasteiger partial charge is 0.410 e. The molecule has 1 heterocycles. The molecule has 0 radical (unpaired) electrons. The molecule has 4 aliphatic carbocycles. The topological polar surface area (TPSA) is 88.5 Å². The number of carbonyl (C=O) groups is 1. The highest BCUT2D eigenvalue weighted by Gasteiger charge is 2.77. The third kappa shape index (κ3) is 3.67. The van der Waals surface area contributed by atoms with Crippen molar-refractivity contribution in [2.24, 2.45) is 34.5 Å². The molecule has 7 heteroatoms. The van der Waals surface area contributed by atoms with Crippen LogP contribution >= 0.6 is 0 Å². The van der Waals surface area contributed by atoms with Crippen molar-refractivity contribution in [3.63, 3.8) is 0 Å². The molecule has 0 aromatic heterocycles. The van der Waals surface area contributed by atoms with Crippen molar-refractivity contribution in [3.8, 4) is 0 Å². The van der Waals surface area contributed by atoms with Gasteiger partial charge in [0, 0.05) is 13.0 Å². The molecule has 1 aromatic carbocycles. The van der Waals surface area contributed by atoms with Crippen molar-refractivity contribution in [3.05, 3.63) is 59.2 Å². The van der Waals surface area contributed by atoms with Gasteiger partial charge in [-0.25, -0.2) is 4.79 Å². The number of carbonyl (C=O) groups excluding carboxylic acids is 1. The van der Waals surface area contributed by atoms with E-state index in [2.05, 4.69) is 26.8 Å². The average molecular weight is 552 g/mol. The molecule has 1 aromatic rings. The summed E-state index contributed by atoms with van der Waals surface area (Å²) in [5.41, 5.74) is -0.126. The molecular weight excluding hydrogens is 506 g/mol. The first-order chi connectivity index (χ1) is 18.7. The number of fused-ring (bicyclic) bond motifs is 5. The van der Waals surface area contributed by atoms with E-state index < -0.39 is 41.2 Å². The summed E-state index contributed by atoms with van der Waals surface area (Å²) in [5, 5.41) is 25.6. The minimum atomic E-state index is -1.72. The van der Waals surface area contributed by atoms with Gasteiger partial charge in [-0.1, -0.05) is 63.3 Å². The molecule has 6 rings (SSSR count). The van der Waals surface area contributed by atoms with Gasteiger partial charge in [-0.15, -0.1) is 0 Å². The average Bonchev–Trinajstić information content (AvgIpc) is 3.40. The van der Waals surface area contributed by atoms with Crippen molar-refractivity contribution >= 4 is 6.09 Å². The monoisotopic (exact) mass is 551 g/mol. The lowest BCUT2D eigenvalue weighted by Crippen LogP contribution is -2.69. The summed E-state index contributed by atoms with van der Waals surface area (Å²) in [5.74, 6) is -0.456. The number of benzene rings is 1. The second-order valence-electron chi connectivity index (χ2n) is 14.1. The van der Waals surface area contributed by atoms with Gasteiger partial charge in [-0.3, -0.25) is 0 Å². The molecule has 40 heavy (non-hydrogen) atoms. The van der Waals surface area contributed by atoms with E-state index in [-0.39, 0.29) is 29.9 Å². The molecular formula is C33H45NO6. The molecule has 2 saturated carbocycles. The Balaban J connectivity index is 1.43. The Labute approximate surface area is 238 Å². The lowest BCUT2D eigenvalue weighted by atomic mass is 9.58. The summed E-state index contributed by atoms with van der Waals surface area (Å²) in [6, 6.07) is 9.57. The maximum atomic E-state index is 13.7. The van der Waals surface area contributed by atoms with Gasteiger partial charge >= 0.3 is 6.09 Å². The largest absolute Gasteiger partial charge is 0.438 e. The van der Waals surface area contributed by atoms with Gasteiger partial charge in [-0.2, -0.15) is 0 Å². The molecule has 1 spiro atoms. The first-order valence-corrected chi connectivity index (χ1v) is 14.8. The van der Waals surface area contributed by atoms with E-state index in [1.165, 1.54) is 0 Å². The summed E-state index contributed by atoms with van der Waals surface area (Å²) in [6.07, 6.45) is 1.82. The molecule has 5 aliphatic rings. The zero-order chi connectivity index (χ0) is 29.0. The highest BCUT2D eigenvalue weighted by molar-refractivity contribution is 5.69. The van der Waals surface area contributed by atoms with E-state index in [4.69, 9.17) is 14.2 Å². The van der Waals surface area contributed by atoms with Gasteiger partial charge in [0.15, 0.2) is 11.9 Å². The van der Waals surface area contributed by atoms with E-state index in [1.807, 2.05) is 64.1 Å². The summed E-state index contributed by atoms with van der Waals surface area (Å²) in [6.45, 7) is 14.5. The van der Waals surface area contributed by atoms with Crippen LogP contribution in [0.25, 0.3) is 0 Å². The van der Waals surface area contributed by atoms with E-state index in [0.717, 1.165) is 23.1 Å². The summed E-state index contributed by atoms with van der Waals surface area (Å²) < 4.78 is 18.9. The number of ether oxygens (including phenoxy) is 3. The molecule has 1 saturated heterocycles. The first kappa shape index (κ1) is 28.0. The molecule has 2 bridgehead atoms. The fourth-order valence-corrected chi connectivity index (χ4v) is 8.91. The Bertz CT molecular complexity index is 1250. The Morgan fingerprint density at radius 2 is 1.85 bits per heavy atom. The van der Waals surface area contributed by atoms with Crippen LogP contribution in [0.15, 0.2) is 53.6 Å². The van der Waals surface area contributed by atoms with Gasteiger partial charge in [-0.05, 0) is 74.0 Å². The lowest BCUT2D eigenvalue weighted by molar-refractivity contribution is -0.312. The first-order valence-electron chi connectivity index (χ1n) is 14.8. The summed E-state index contributed by atoms with van der Waals surface area (Å²) >= 11 is 0. The van der Waals surface area contributed by atoms with Gasteiger partial charge in [0.2, 0.25) is 0 Å². The lowest BCUT2D eigenvalue weighted by Gasteiger charge is -2.55. The Kier molecular flexibility index (Phi) is 6.22. The van der Waals surface area contributed by atoms with Crippen molar-refractivity contribution in [1.82, 2.24) is 4.90 Å². The number of aliphatic hydroxyl groups is 2. The SMILES string of the molecule is CC1=C[C@]23C(O)[C@@H](C=C4COC(C)(C)O[C@H]4[C@]2(O)[C@H]1OC(=O)N(C)[C@@H](C)c1ccccc1)[C@H]1[C@@H](C[C@H]3C)C1(C)C. The maximum Gasteiger partial charge on any atom is 0.410 e.